The second-order valence-corrected chi connectivity index (χ2v) is 3.68. The van der Waals surface area contributed by atoms with Crippen LogP contribution in [0.4, 0.5) is 5.69 Å². The first kappa shape index (κ1) is 12.3. The monoisotopic (exact) mass is 285 g/mol. The molecule has 0 saturated carbocycles. The van der Waals surface area contributed by atoms with Crippen LogP contribution in [0, 0.1) is 0 Å². The van der Waals surface area contributed by atoms with Gasteiger partial charge in [-0.3, -0.25) is 0 Å². The molecule has 0 aliphatic heterocycles. The van der Waals surface area contributed by atoms with Crippen LogP contribution in [-0.2, 0) is 0 Å². The fourth-order valence-electron chi connectivity index (χ4n) is 1.01. The summed E-state index contributed by atoms with van der Waals surface area (Å²) in [6.07, 6.45) is 0. The van der Waals surface area contributed by atoms with Crippen molar-refractivity contribution in [3.63, 3.8) is 0 Å². The molecule has 1 rings (SSSR count). The highest BCUT2D eigenvalue weighted by Gasteiger charge is 2.00. The number of hydrogen-bond donors (Lipinski definition) is 3. The minimum absolute atomic E-state index is 0.00272. The lowest BCUT2D eigenvalue weighted by Gasteiger charge is -2.03. The van der Waals surface area contributed by atoms with Crippen molar-refractivity contribution in [2.75, 3.05) is 7.11 Å². The van der Waals surface area contributed by atoms with Gasteiger partial charge < -0.3 is 21.9 Å². The molecule has 7 heteroatoms. The quantitative estimate of drug-likeness (QED) is 0.548. The molecular weight excluding hydrogens is 274 g/mol. The van der Waals surface area contributed by atoms with Crippen LogP contribution in [0.2, 0.25) is 0 Å². The summed E-state index contributed by atoms with van der Waals surface area (Å²) in [5, 5.41) is 0. The molecule has 0 atom stereocenters. The number of hydrogen-bond acceptors (Lipinski definition) is 2. The van der Waals surface area contributed by atoms with Crippen molar-refractivity contribution in [1.82, 2.24) is 0 Å². The van der Waals surface area contributed by atoms with Gasteiger partial charge in [0.15, 0.2) is 5.96 Å². The van der Waals surface area contributed by atoms with E-state index >= 15 is 0 Å². The molecule has 0 bridgehead atoms. The highest BCUT2D eigenvalue weighted by molar-refractivity contribution is 9.10. The Balaban J connectivity index is 2.99. The summed E-state index contributed by atoms with van der Waals surface area (Å²) in [6, 6.07) is 5.23. The zero-order chi connectivity index (χ0) is 12.1. The highest BCUT2D eigenvalue weighted by atomic mass is 79.9. The van der Waals surface area contributed by atoms with Gasteiger partial charge in [-0.05, 0) is 34.1 Å². The zero-order valence-corrected chi connectivity index (χ0v) is 10.2. The van der Waals surface area contributed by atoms with E-state index in [1.807, 2.05) is 0 Å². The van der Waals surface area contributed by atoms with Gasteiger partial charge in [-0.1, -0.05) is 0 Å². The smallest absolute Gasteiger partial charge is 0.223 e. The molecule has 0 aliphatic rings. The number of benzene rings is 1. The summed E-state index contributed by atoms with van der Waals surface area (Å²) in [4.78, 5) is 7.60. The van der Waals surface area contributed by atoms with Gasteiger partial charge in [0.25, 0.3) is 0 Å². The zero-order valence-electron chi connectivity index (χ0n) is 8.64. The second-order valence-electron chi connectivity index (χ2n) is 2.83. The fourth-order valence-corrected chi connectivity index (χ4v) is 1.54. The van der Waals surface area contributed by atoms with E-state index < -0.39 is 0 Å². The Morgan fingerprint density at radius 3 is 2.50 bits per heavy atom. The summed E-state index contributed by atoms with van der Waals surface area (Å²) in [5.74, 6) is 0.574. The molecule has 0 unspecified atom stereocenters. The number of halogens is 1. The number of rotatable bonds is 2. The van der Waals surface area contributed by atoms with Crippen LogP contribution in [0.1, 0.15) is 0 Å². The van der Waals surface area contributed by atoms with Crippen molar-refractivity contribution >= 4 is 33.5 Å². The molecule has 0 heterocycles. The van der Waals surface area contributed by atoms with E-state index in [4.69, 9.17) is 21.9 Å². The van der Waals surface area contributed by atoms with E-state index in [1.54, 1.807) is 25.3 Å². The molecule has 0 aliphatic carbocycles. The lowest BCUT2D eigenvalue weighted by molar-refractivity contribution is 0.412. The van der Waals surface area contributed by atoms with Gasteiger partial charge in [-0.25, -0.2) is 4.99 Å². The predicted molar refractivity (Wildman–Crippen MR) is 67.8 cm³/mol. The summed E-state index contributed by atoms with van der Waals surface area (Å²) in [6.45, 7) is 0. The Bertz CT molecular complexity index is 440. The average Bonchev–Trinajstić information content (AvgIpc) is 2.16. The predicted octanol–water partition coefficient (Wildman–Crippen LogP) is 0.677. The van der Waals surface area contributed by atoms with E-state index in [2.05, 4.69) is 25.9 Å². The Kier molecular flexibility index (Phi) is 4.12. The van der Waals surface area contributed by atoms with E-state index in [-0.39, 0.29) is 11.9 Å². The number of nitrogens with two attached hydrogens (primary N) is 3. The van der Waals surface area contributed by atoms with Gasteiger partial charge in [0.1, 0.15) is 5.75 Å². The lowest BCUT2D eigenvalue weighted by Crippen LogP contribution is -2.26. The molecule has 0 saturated heterocycles. The third-order valence-electron chi connectivity index (χ3n) is 1.62. The van der Waals surface area contributed by atoms with Crippen LogP contribution < -0.4 is 21.9 Å². The molecule has 6 nitrogen and oxygen atoms in total. The normalized spacial score (nSPS) is 11.0. The Labute approximate surface area is 101 Å². The minimum atomic E-state index is -0.131. The Morgan fingerprint density at radius 1 is 1.31 bits per heavy atom. The van der Waals surface area contributed by atoms with Crippen LogP contribution in [0.15, 0.2) is 32.7 Å². The molecule has 16 heavy (non-hydrogen) atoms. The standard InChI is InChI=1S/C9H12BrN5O/c1-16-7-3-2-5(4-6(7)10)14-9(13)15-8(11)12/h2-4H,1H3,(H6,11,12,13,14,15). The number of aliphatic imine (C=N–C) groups is 2. The first-order chi connectivity index (χ1) is 7.52. The molecule has 0 radical (unpaired) electrons. The van der Waals surface area contributed by atoms with E-state index in [1.165, 1.54) is 0 Å². The van der Waals surface area contributed by atoms with Crippen molar-refractivity contribution in [3.05, 3.63) is 22.7 Å². The maximum atomic E-state index is 5.48. The fraction of sp³-hybridized carbons (Fsp3) is 0.111. The van der Waals surface area contributed by atoms with Gasteiger partial charge >= 0.3 is 0 Å². The number of ether oxygens (including phenoxy) is 1. The average molecular weight is 286 g/mol. The van der Waals surface area contributed by atoms with Crippen molar-refractivity contribution in [1.29, 1.82) is 0 Å². The van der Waals surface area contributed by atoms with Gasteiger partial charge in [0.2, 0.25) is 5.96 Å². The van der Waals surface area contributed by atoms with E-state index in [0.717, 1.165) is 4.47 Å². The first-order valence-electron chi connectivity index (χ1n) is 4.30. The van der Waals surface area contributed by atoms with Crippen LogP contribution in [0.25, 0.3) is 0 Å². The topological polar surface area (TPSA) is 112 Å². The third kappa shape index (κ3) is 3.43. The molecule has 0 amide bonds. The molecule has 0 aromatic heterocycles. The van der Waals surface area contributed by atoms with Gasteiger partial charge in [-0.15, -0.1) is 0 Å². The van der Waals surface area contributed by atoms with Gasteiger partial charge in [0, 0.05) is 0 Å². The summed E-state index contributed by atoms with van der Waals surface area (Å²) in [7, 11) is 1.58. The van der Waals surface area contributed by atoms with Gasteiger partial charge in [0.05, 0.1) is 17.3 Å². The minimum Gasteiger partial charge on any atom is -0.496 e. The maximum absolute atomic E-state index is 5.48. The number of nitrogens with zero attached hydrogens (tertiary/aromatic N) is 2. The SMILES string of the molecule is COc1ccc(N=C(N)N=C(N)N)cc1Br. The molecule has 6 N–H and O–H groups in total. The van der Waals surface area contributed by atoms with Crippen LogP contribution in [0.3, 0.4) is 0 Å². The summed E-state index contributed by atoms with van der Waals surface area (Å²) in [5.41, 5.74) is 16.4. The third-order valence-corrected chi connectivity index (χ3v) is 2.24. The lowest BCUT2D eigenvalue weighted by atomic mass is 10.3. The molecule has 1 aromatic rings. The molecule has 0 fully saturated rings. The molecule has 1 aromatic carbocycles. The van der Waals surface area contributed by atoms with Crippen LogP contribution in [0.5, 0.6) is 5.75 Å². The van der Waals surface area contributed by atoms with Crippen LogP contribution >= 0.6 is 15.9 Å². The maximum Gasteiger partial charge on any atom is 0.223 e. The van der Waals surface area contributed by atoms with E-state index in [9.17, 15) is 0 Å². The molecular formula is C9H12BrN5O. The highest BCUT2D eigenvalue weighted by Crippen LogP contribution is 2.28. The van der Waals surface area contributed by atoms with Crippen molar-refractivity contribution in [2.24, 2.45) is 27.2 Å². The van der Waals surface area contributed by atoms with E-state index in [0.29, 0.717) is 11.4 Å². The number of methoxy groups -OCH3 is 1. The molecule has 0 spiro atoms. The summed E-state index contributed by atoms with van der Waals surface area (Å²) >= 11 is 3.33. The Morgan fingerprint density at radius 2 is 2.00 bits per heavy atom. The second kappa shape index (κ2) is 5.36. The van der Waals surface area contributed by atoms with Crippen molar-refractivity contribution in [2.45, 2.75) is 0 Å². The van der Waals surface area contributed by atoms with Crippen LogP contribution in [-0.4, -0.2) is 19.0 Å². The largest absolute Gasteiger partial charge is 0.496 e. The van der Waals surface area contributed by atoms with Crippen molar-refractivity contribution < 1.29 is 4.74 Å². The molecule has 86 valence electrons. The number of guanidine groups is 2. The van der Waals surface area contributed by atoms with Gasteiger partial charge in [-0.2, -0.15) is 4.99 Å². The summed E-state index contributed by atoms with van der Waals surface area (Å²) < 4.78 is 5.85. The Hall–Kier alpha value is -1.76. The first-order valence-corrected chi connectivity index (χ1v) is 5.09. The van der Waals surface area contributed by atoms with Crippen molar-refractivity contribution in [3.8, 4) is 5.75 Å².